The average Bonchev–Trinajstić information content (AvgIpc) is 3.50. The predicted octanol–water partition coefficient (Wildman–Crippen LogP) is 6.12. The third-order valence-electron chi connectivity index (χ3n) is 6.64. The van der Waals surface area contributed by atoms with Gasteiger partial charge in [0, 0.05) is 26.9 Å². The topological polar surface area (TPSA) is 102 Å². The number of nitrogens with zero attached hydrogens (tertiary/aromatic N) is 2. The van der Waals surface area contributed by atoms with E-state index in [-0.39, 0.29) is 28.6 Å². The summed E-state index contributed by atoms with van der Waals surface area (Å²) in [5, 5.41) is 6.90. The molecule has 1 N–H and O–H groups in total. The second-order valence-electron chi connectivity index (χ2n) is 9.25. The van der Waals surface area contributed by atoms with Crippen molar-refractivity contribution in [2.45, 2.75) is 36.9 Å². The van der Waals surface area contributed by atoms with Crippen molar-refractivity contribution in [1.82, 2.24) is 10.1 Å². The molecule has 196 valence electrons. The van der Waals surface area contributed by atoms with Gasteiger partial charge in [-0.3, -0.25) is 4.79 Å². The maximum atomic E-state index is 15.4. The van der Waals surface area contributed by atoms with Crippen LogP contribution in [0.15, 0.2) is 65.2 Å². The molecule has 1 aromatic heterocycles. The number of hydrogen-bond acceptors (Lipinski definition) is 6. The Bertz CT molecular complexity index is 1550. The molecule has 0 aliphatic heterocycles. The number of aromatic nitrogens is 2. The molecule has 5 rings (SSSR count). The summed E-state index contributed by atoms with van der Waals surface area (Å²) >= 11 is 12.5. The fourth-order valence-electron chi connectivity index (χ4n) is 4.37. The van der Waals surface area contributed by atoms with E-state index in [0.29, 0.717) is 46.3 Å². The van der Waals surface area contributed by atoms with Gasteiger partial charge in [-0.15, -0.1) is 0 Å². The first-order valence-electron chi connectivity index (χ1n) is 11.8. The van der Waals surface area contributed by atoms with Crippen molar-refractivity contribution < 1.29 is 22.1 Å². The van der Waals surface area contributed by atoms with Gasteiger partial charge >= 0.3 is 0 Å². The van der Waals surface area contributed by atoms with E-state index in [1.54, 1.807) is 55.5 Å². The van der Waals surface area contributed by atoms with E-state index in [2.05, 4.69) is 15.5 Å². The van der Waals surface area contributed by atoms with Gasteiger partial charge in [-0.1, -0.05) is 52.6 Å². The lowest BCUT2D eigenvalue weighted by atomic mass is 9.94. The van der Waals surface area contributed by atoms with E-state index in [9.17, 15) is 13.2 Å². The molecule has 11 heteroatoms. The fourth-order valence-corrected chi connectivity index (χ4v) is 5.30. The number of hydrogen-bond donors (Lipinski definition) is 2. The molecule has 7 nitrogen and oxygen atoms in total. The highest BCUT2D eigenvalue weighted by Gasteiger charge is 2.53. The normalized spacial score (nSPS) is 14.9. The lowest BCUT2D eigenvalue weighted by molar-refractivity contribution is -0.115. The monoisotopic (exact) mass is 573 g/mol. The first-order chi connectivity index (χ1) is 18.2. The number of amides is 1. The van der Waals surface area contributed by atoms with Crippen molar-refractivity contribution >= 4 is 45.5 Å². The van der Waals surface area contributed by atoms with E-state index < -0.39 is 27.2 Å². The average molecular weight is 574 g/mol. The van der Waals surface area contributed by atoms with Crippen LogP contribution in [0.4, 0.5) is 10.1 Å². The zero-order valence-electron chi connectivity index (χ0n) is 20.1. The molecule has 1 saturated carbocycles. The number of thiol groups is 1. The third kappa shape index (κ3) is 5.32. The summed E-state index contributed by atoms with van der Waals surface area (Å²) in [5.41, 5.74) is 1.71. The van der Waals surface area contributed by atoms with Crippen molar-refractivity contribution in [3.63, 3.8) is 0 Å². The molecule has 1 amide bonds. The van der Waals surface area contributed by atoms with Gasteiger partial charge in [0.1, 0.15) is 16.5 Å². The fraction of sp³-hybridized carbons (Fsp3) is 0.222. The van der Waals surface area contributed by atoms with E-state index in [1.165, 1.54) is 12.1 Å². The number of carbonyl (C=O) groups excluding carboxylic acids is 1. The molecule has 1 unspecified atom stereocenters. The van der Waals surface area contributed by atoms with Crippen LogP contribution < -0.4 is 5.32 Å². The van der Waals surface area contributed by atoms with Crippen molar-refractivity contribution in [3.8, 4) is 11.5 Å². The molecule has 0 bridgehead atoms. The van der Waals surface area contributed by atoms with E-state index in [0.717, 1.165) is 0 Å². The van der Waals surface area contributed by atoms with Crippen LogP contribution >= 0.6 is 23.2 Å². The Kier molecular flexibility index (Phi) is 7.26. The van der Waals surface area contributed by atoms with Crippen LogP contribution in [0.5, 0.6) is 0 Å². The minimum absolute atomic E-state index is 0.0272. The Morgan fingerprint density at radius 3 is 2.39 bits per heavy atom. The minimum atomic E-state index is -2.58. The number of carbonyl (C=O) groups is 1. The summed E-state index contributed by atoms with van der Waals surface area (Å²) < 4.78 is 43.2. The molecule has 1 aliphatic rings. The van der Waals surface area contributed by atoms with Crippen molar-refractivity contribution in [2.24, 2.45) is 0 Å². The zero-order chi connectivity index (χ0) is 27.0. The number of benzene rings is 3. The third-order valence-corrected chi connectivity index (χ3v) is 8.12. The Hall–Kier alpha value is -3.27. The summed E-state index contributed by atoms with van der Waals surface area (Å²) in [6.45, 7) is 1.60. The van der Waals surface area contributed by atoms with Crippen molar-refractivity contribution in [2.75, 3.05) is 5.32 Å². The largest absolute Gasteiger partial charge is 0.334 e. The molecular weight excluding hydrogens is 552 g/mol. The van der Waals surface area contributed by atoms with Crippen molar-refractivity contribution in [3.05, 3.63) is 99.0 Å². The lowest BCUT2D eigenvalue weighted by Crippen LogP contribution is -2.17. The van der Waals surface area contributed by atoms with Gasteiger partial charge in [0.2, 0.25) is 5.91 Å². The maximum Gasteiger partial charge on any atom is 0.257 e. The number of halogens is 3. The molecule has 1 aliphatic carbocycles. The van der Waals surface area contributed by atoms with Crippen LogP contribution in [0.1, 0.15) is 47.5 Å². The molecule has 4 aromatic rings. The van der Waals surface area contributed by atoms with Gasteiger partial charge in [-0.2, -0.15) is 4.98 Å². The molecule has 1 fully saturated rings. The number of rotatable bonds is 8. The maximum absolute atomic E-state index is 15.4. The van der Waals surface area contributed by atoms with Crippen LogP contribution in [0.25, 0.3) is 11.5 Å². The Morgan fingerprint density at radius 1 is 1.11 bits per heavy atom. The van der Waals surface area contributed by atoms with Gasteiger partial charge in [-0.05, 0) is 67.3 Å². The highest BCUT2D eigenvalue weighted by Crippen LogP contribution is 2.55. The van der Waals surface area contributed by atoms with Gasteiger partial charge in [0.05, 0.1) is 17.1 Å². The van der Waals surface area contributed by atoms with Crippen LogP contribution in [0.3, 0.4) is 0 Å². The second-order valence-corrected chi connectivity index (χ2v) is 11.4. The minimum Gasteiger partial charge on any atom is -0.334 e. The zero-order valence-corrected chi connectivity index (χ0v) is 22.5. The Morgan fingerprint density at radius 2 is 1.79 bits per heavy atom. The van der Waals surface area contributed by atoms with E-state index >= 15 is 4.39 Å². The standard InChI is InChI=1S/C27H22Cl2FN3O4S/c1-15(38(35)36)17-4-2-16(3-5-17)12-23(34)31-20-13-21(29)24(22(30)14-20)27(10-11-27)26-32-25(37-33-26)18-6-8-19(28)9-7-18/h2-9,13-15,38H,10-12H2,1H3,(H,31,34). The second kappa shape index (κ2) is 10.5. The predicted molar refractivity (Wildman–Crippen MR) is 144 cm³/mol. The summed E-state index contributed by atoms with van der Waals surface area (Å²) in [6.07, 6.45) is 1.23. The molecule has 0 spiro atoms. The van der Waals surface area contributed by atoms with Crippen molar-refractivity contribution in [1.29, 1.82) is 0 Å². The molecule has 38 heavy (non-hydrogen) atoms. The van der Waals surface area contributed by atoms with Gasteiger partial charge in [0.25, 0.3) is 5.89 Å². The molecule has 1 heterocycles. The summed E-state index contributed by atoms with van der Waals surface area (Å²) in [6, 6.07) is 16.4. The summed E-state index contributed by atoms with van der Waals surface area (Å²) in [4.78, 5) is 17.1. The molecule has 0 radical (unpaired) electrons. The smallest absolute Gasteiger partial charge is 0.257 e. The highest BCUT2D eigenvalue weighted by atomic mass is 35.5. The van der Waals surface area contributed by atoms with Crippen LogP contribution in [0.2, 0.25) is 10.0 Å². The van der Waals surface area contributed by atoms with Crippen LogP contribution in [0, 0.1) is 5.82 Å². The van der Waals surface area contributed by atoms with Crippen LogP contribution in [-0.2, 0) is 27.3 Å². The quantitative estimate of drug-likeness (QED) is 0.246. The lowest BCUT2D eigenvalue weighted by Gasteiger charge is -2.16. The SMILES string of the molecule is CC(c1ccc(CC(=O)Nc2cc(F)c(C3(c4noc(-c5ccc(Cl)cc5)n4)CC3)c(Cl)c2)cc1)[SH](=O)=O. The molecular formula is C27H22Cl2FN3O4S. The summed E-state index contributed by atoms with van der Waals surface area (Å²) in [5.74, 6) is -0.295. The number of anilines is 1. The number of nitrogens with one attached hydrogen (secondary N) is 1. The Balaban J connectivity index is 1.31. The summed E-state index contributed by atoms with van der Waals surface area (Å²) in [7, 11) is -2.58. The first-order valence-corrected chi connectivity index (χ1v) is 13.8. The van der Waals surface area contributed by atoms with Crippen LogP contribution in [-0.4, -0.2) is 24.5 Å². The van der Waals surface area contributed by atoms with Gasteiger partial charge in [0.15, 0.2) is 5.82 Å². The van der Waals surface area contributed by atoms with Gasteiger partial charge in [-0.25, -0.2) is 12.8 Å². The first kappa shape index (κ1) is 26.3. The molecule has 0 saturated heterocycles. The molecule has 1 atom stereocenters. The molecule has 3 aromatic carbocycles. The highest BCUT2D eigenvalue weighted by molar-refractivity contribution is 7.72. The Labute approximate surface area is 229 Å². The van der Waals surface area contributed by atoms with E-state index in [4.69, 9.17) is 27.7 Å². The van der Waals surface area contributed by atoms with Gasteiger partial charge < -0.3 is 9.84 Å². The van der Waals surface area contributed by atoms with E-state index in [1.807, 2.05) is 0 Å².